The molecule has 0 amide bonds. The number of carbonyl (C=O) groups excluding carboxylic acids is 4. The second-order valence-corrected chi connectivity index (χ2v) is 11.6. The zero-order chi connectivity index (χ0) is 33.7. The molecule has 1 fully saturated rings. The van der Waals surface area contributed by atoms with Crippen LogP contribution in [0, 0.1) is 5.92 Å². The molecule has 0 radical (unpaired) electrons. The molecule has 0 N–H and O–H groups in total. The summed E-state index contributed by atoms with van der Waals surface area (Å²) in [4.78, 5) is 47.5. The van der Waals surface area contributed by atoms with Gasteiger partial charge in [0.05, 0.1) is 31.3 Å². The van der Waals surface area contributed by atoms with E-state index in [1.165, 1.54) is 11.6 Å². The Balaban J connectivity index is 1.26. The van der Waals surface area contributed by atoms with Crippen LogP contribution in [0.2, 0.25) is 0 Å². The summed E-state index contributed by atoms with van der Waals surface area (Å²) in [6.45, 7) is 8.13. The minimum atomic E-state index is -0.396. The smallest absolute Gasteiger partial charge is 0.338 e. The number of benzene rings is 2. The average Bonchev–Trinajstić information content (AvgIpc) is 3.09. The third-order valence-electron chi connectivity index (χ3n) is 8.00. The molecule has 1 saturated carbocycles. The fraction of sp³-hybridized carbons (Fsp3) is 0.474. The lowest BCUT2D eigenvalue weighted by Crippen LogP contribution is -2.30. The predicted octanol–water partition coefficient (Wildman–Crippen LogP) is 7.51. The Bertz CT molecular complexity index is 1280. The van der Waals surface area contributed by atoms with Crippen LogP contribution < -0.4 is 9.47 Å². The first-order valence-electron chi connectivity index (χ1n) is 16.7. The largest absolute Gasteiger partial charge is 0.494 e. The van der Waals surface area contributed by atoms with E-state index in [1.807, 2.05) is 24.3 Å². The summed E-state index contributed by atoms with van der Waals surface area (Å²) in [6.07, 6.45) is 13.0. The molecule has 0 bridgehead atoms. The molecule has 1 aliphatic carbocycles. The number of hydrogen-bond donors (Lipinski definition) is 0. The fourth-order valence-corrected chi connectivity index (χ4v) is 5.24. The van der Waals surface area contributed by atoms with Crippen LogP contribution in [0.4, 0.5) is 0 Å². The molecule has 0 aromatic heterocycles. The van der Waals surface area contributed by atoms with Crippen molar-refractivity contribution in [3.63, 3.8) is 0 Å². The molecule has 47 heavy (non-hydrogen) atoms. The Morgan fingerprint density at radius 3 is 1.74 bits per heavy atom. The minimum absolute atomic E-state index is 0.221. The van der Waals surface area contributed by atoms with Gasteiger partial charge in [0.15, 0.2) is 0 Å². The topological polar surface area (TPSA) is 114 Å². The summed E-state index contributed by atoms with van der Waals surface area (Å²) in [5.41, 5.74) is 1.64. The summed E-state index contributed by atoms with van der Waals surface area (Å²) in [7, 11) is 0. The fourth-order valence-electron chi connectivity index (χ4n) is 5.24. The van der Waals surface area contributed by atoms with Crippen molar-refractivity contribution < 1.29 is 42.9 Å². The van der Waals surface area contributed by atoms with Crippen molar-refractivity contribution in [1.29, 1.82) is 0 Å². The van der Waals surface area contributed by atoms with E-state index in [2.05, 4.69) is 13.2 Å². The van der Waals surface area contributed by atoms with E-state index in [0.29, 0.717) is 62.6 Å². The van der Waals surface area contributed by atoms with E-state index < -0.39 is 5.97 Å². The molecule has 9 nitrogen and oxygen atoms in total. The van der Waals surface area contributed by atoms with Crippen LogP contribution in [-0.2, 0) is 35.0 Å². The number of unbranched alkanes of at least 4 members (excludes halogenated alkanes) is 6. The van der Waals surface area contributed by atoms with Crippen LogP contribution in [0.3, 0.4) is 0 Å². The van der Waals surface area contributed by atoms with Gasteiger partial charge in [-0.2, -0.15) is 0 Å². The van der Waals surface area contributed by atoms with Gasteiger partial charge in [-0.1, -0.05) is 38.1 Å². The Kier molecular flexibility index (Phi) is 16.9. The van der Waals surface area contributed by atoms with Crippen molar-refractivity contribution in [2.75, 3.05) is 19.8 Å². The molecule has 9 heteroatoms. The molecule has 0 saturated heterocycles. The Hall–Kier alpha value is -4.40. The SMILES string of the molecule is C=CC(=O)OCCCCCCOc1ccc(C(=O)OC2CCC(C(=O)Oc3ccc(CCCCCCOC(=O)C=C)cc3)CC2)cc1. The number of aryl methyl sites for hydroxylation is 1. The lowest BCUT2D eigenvalue weighted by atomic mass is 9.87. The van der Waals surface area contributed by atoms with Crippen LogP contribution in [0.15, 0.2) is 73.8 Å². The maximum absolute atomic E-state index is 12.8. The van der Waals surface area contributed by atoms with Crippen LogP contribution in [0.1, 0.15) is 93.0 Å². The first-order chi connectivity index (χ1) is 22.9. The van der Waals surface area contributed by atoms with Gasteiger partial charge in [0.1, 0.15) is 17.6 Å². The highest BCUT2D eigenvalue weighted by Gasteiger charge is 2.30. The highest BCUT2D eigenvalue weighted by Crippen LogP contribution is 2.29. The lowest BCUT2D eigenvalue weighted by molar-refractivity contribution is -0.141. The molecular formula is C38H48O9. The van der Waals surface area contributed by atoms with Crippen LogP contribution in [-0.4, -0.2) is 49.8 Å². The number of rotatable bonds is 21. The van der Waals surface area contributed by atoms with Gasteiger partial charge in [-0.05, 0) is 113 Å². The summed E-state index contributed by atoms with van der Waals surface area (Å²) >= 11 is 0. The van der Waals surface area contributed by atoms with E-state index in [9.17, 15) is 19.2 Å². The van der Waals surface area contributed by atoms with E-state index >= 15 is 0 Å². The maximum atomic E-state index is 12.8. The highest BCUT2D eigenvalue weighted by molar-refractivity contribution is 5.89. The van der Waals surface area contributed by atoms with Gasteiger partial charge in [-0.25, -0.2) is 14.4 Å². The van der Waals surface area contributed by atoms with E-state index in [0.717, 1.165) is 63.9 Å². The quantitative estimate of drug-likeness (QED) is 0.0446. The van der Waals surface area contributed by atoms with E-state index in [1.54, 1.807) is 24.3 Å². The van der Waals surface area contributed by atoms with Gasteiger partial charge < -0.3 is 23.7 Å². The Labute approximate surface area is 278 Å². The molecule has 0 aliphatic heterocycles. The summed E-state index contributed by atoms with van der Waals surface area (Å²) in [5, 5.41) is 0. The maximum Gasteiger partial charge on any atom is 0.338 e. The summed E-state index contributed by atoms with van der Waals surface area (Å²) < 4.78 is 27.1. The number of esters is 4. The highest BCUT2D eigenvalue weighted by atomic mass is 16.5. The Morgan fingerprint density at radius 1 is 0.638 bits per heavy atom. The van der Waals surface area contributed by atoms with E-state index in [4.69, 9.17) is 23.7 Å². The predicted molar refractivity (Wildman–Crippen MR) is 178 cm³/mol. The zero-order valence-electron chi connectivity index (χ0n) is 27.3. The molecule has 0 heterocycles. The van der Waals surface area contributed by atoms with Crippen molar-refractivity contribution in [3.05, 3.63) is 85.0 Å². The van der Waals surface area contributed by atoms with Crippen molar-refractivity contribution >= 4 is 23.9 Å². The van der Waals surface area contributed by atoms with Gasteiger partial charge in [0.2, 0.25) is 0 Å². The number of hydrogen-bond acceptors (Lipinski definition) is 9. The van der Waals surface area contributed by atoms with E-state index in [-0.39, 0.29) is 29.9 Å². The number of ether oxygens (including phenoxy) is 5. The van der Waals surface area contributed by atoms with Gasteiger partial charge >= 0.3 is 23.9 Å². The van der Waals surface area contributed by atoms with Crippen molar-refractivity contribution in [2.45, 2.75) is 89.6 Å². The summed E-state index contributed by atoms with van der Waals surface area (Å²) in [6, 6.07) is 14.6. The van der Waals surface area contributed by atoms with Crippen LogP contribution in [0.25, 0.3) is 0 Å². The molecule has 2 aromatic rings. The third kappa shape index (κ3) is 14.7. The standard InChI is InChI=1S/C38H48O9/c1-3-35(39)44-27-11-6-5-9-13-29-14-20-33(21-15-29)46-38(42)31-18-24-34(25-19-31)47-37(41)30-16-22-32(23-17-30)43-26-10-7-8-12-28-45-36(40)4-2/h3-4,14-17,20-23,31,34H,1-2,5-13,18-19,24-28H2. The summed E-state index contributed by atoms with van der Waals surface area (Å²) in [5.74, 6) is -0.402. The molecular weight excluding hydrogens is 600 g/mol. The first kappa shape index (κ1) is 37.1. The van der Waals surface area contributed by atoms with Gasteiger partial charge in [0.25, 0.3) is 0 Å². The molecule has 0 unspecified atom stereocenters. The molecule has 254 valence electrons. The van der Waals surface area contributed by atoms with Gasteiger partial charge in [-0.3, -0.25) is 4.79 Å². The normalized spacial score (nSPS) is 15.6. The molecule has 1 aliphatic rings. The average molecular weight is 649 g/mol. The first-order valence-corrected chi connectivity index (χ1v) is 16.7. The van der Waals surface area contributed by atoms with Crippen molar-refractivity contribution in [3.8, 4) is 11.5 Å². The number of carbonyl (C=O) groups is 4. The molecule has 0 atom stereocenters. The van der Waals surface area contributed by atoms with Crippen molar-refractivity contribution in [2.24, 2.45) is 5.92 Å². The van der Waals surface area contributed by atoms with Crippen LogP contribution >= 0.6 is 0 Å². The van der Waals surface area contributed by atoms with Crippen LogP contribution in [0.5, 0.6) is 11.5 Å². The Morgan fingerprint density at radius 2 is 1.17 bits per heavy atom. The zero-order valence-corrected chi connectivity index (χ0v) is 27.3. The lowest BCUT2D eigenvalue weighted by Gasteiger charge is -2.27. The second-order valence-electron chi connectivity index (χ2n) is 11.6. The minimum Gasteiger partial charge on any atom is -0.494 e. The monoisotopic (exact) mass is 648 g/mol. The molecule has 3 rings (SSSR count). The van der Waals surface area contributed by atoms with Gasteiger partial charge in [-0.15, -0.1) is 0 Å². The molecule has 2 aromatic carbocycles. The van der Waals surface area contributed by atoms with Crippen molar-refractivity contribution in [1.82, 2.24) is 0 Å². The second kappa shape index (κ2) is 21.4. The van der Waals surface area contributed by atoms with Gasteiger partial charge in [0, 0.05) is 12.2 Å². The molecule has 0 spiro atoms. The third-order valence-corrected chi connectivity index (χ3v) is 8.00.